The standard InChI is InChI=1S/C15H15ClO2/c16-10-14-7-4-8-15(9-14)18-12-17-11-13-5-2-1-3-6-13/h1-9H,10-12H2. The van der Waals surface area contributed by atoms with E-state index in [4.69, 9.17) is 21.1 Å². The summed E-state index contributed by atoms with van der Waals surface area (Å²) in [4.78, 5) is 0. The van der Waals surface area contributed by atoms with Crippen LogP contribution >= 0.6 is 11.6 Å². The van der Waals surface area contributed by atoms with E-state index in [1.807, 2.05) is 54.6 Å². The maximum Gasteiger partial charge on any atom is 0.189 e. The lowest BCUT2D eigenvalue weighted by atomic mass is 10.2. The molecule has 0 aliphatic carbocycles. The zero-order valence-corrected chi connectivity index (χ0v) is 10.8. The van der Waals surface area contributed by atoms with Crippen LogP contribution in [0.1, 0.15) is 11.1 Å². The lowest BCUT2D eigenvalue weighted by Gasteiger charge is -2.08. The van der Waals surface area contributed by atoms with Crippen molar-refractivity contribution in [2.45, 2.75) is 12.5 Å². The van der Waals surface area contributed by atoms with Crippen LogP contribution in [0.2, 0.25) is 0 Å². The molecule has 0 bridgehead atoms. The van der Waals surface area contributed by atoms with E-state index >= 15 is 0 Å². The van der Waals surface area contributed by atoms with Crippen LogP contribution in [0.25, 0.3) is 0 Å². The molecule has 2 aromatic carbocycles. The topological polar surface area (TPSA) is 18.5 Å². The molecule has 0 radical (unpaired) electrons. The van der Waals surface area contributed by atoms with Crippen molar-refractivity contribution in [1.29, 1.82) is 0 Å². The Morgan fingerprint density at radius 3 is 2.44 bits per heavy atom. The maximum atomic E-state index is 5.75. The van der Waals surface area contributed by atoms with E-state index in [1.54, 1.807) is 0 Å². The van der Waals surface area contributed by atoms with Gasteiger partial charge in [0.05, 0.1) is 6.61 Å². The van der Waals surface area contributed by atoms with E-state index < -0.39 is 0 Å². The number of alkyl halides is 1. The third-order valence-electron chi connectivity index (χ3n) is 2.47. The molecule has 2 rings (SSSR count). The van der Waals surface area contributed by atoms with Crippen molar-refractivity contribution >= 4 is 11.6 Å². The van der Waals surface area contributed by atoms with Crippen LogP contribution in [0.5, 0.6) is 5.75 Å². The summed E-state index contributed by atoms with van der Waals surface area (Å²) in [7, 11) is 0. The highest BCUT2D eigenvalue weighted by Crippen LogP contribution is 2.14. The van der Waals surface area contributed by atoms with Gasteiger partial charge in [-0.3, -0.25) is 0 Å². The highest BCUT2D eigenvalue weighted by atomic mass is 35.5. The van der Waals surface area contributed by atoms with Crippen molar-refractivity contribution in [3.8, 4) is 5.75 Å². The van der Waals surface area contributed by atoms with Gasteiger partial charge < -0.3 is 9.47 Å². The van der Waals surface area contributed by atoms with Gasteiger partial charge in [-0.05, 0) is 23.3 Å². The van der Waals surface area contributed by atoms with Gasteiger partial charge in [0.15, 0.2) is 6.79 Å². The first-order chi connectivity index (χ1) is 8.88. The third-order valence-corrected chi connectivity index (χ3v) is 2.78. The van der Waals surface area contributed by atoms with Crippen molar-refractivity contribution in [3.05, 3.63) is 65.7 Å². The van der Waals surface area contributed by atoms with Crippen molar-refractivity contribution in [3.63, 3.8) is 0 Å². The first kappa shape index (κ1) is 12.9. The maximum absolute atomic E-state index is 5.75. The van der Waals surface area contributed by atoms with Crippen LogP contribution in [-0.4, -0.2) is 6.79 Å². The number of ether oxygens (including phenoxy) is 2. The Morgan fingerprint density at radius 2 is 1.67 bits per heavy atom. The Labute approximate surface area is 112 Å². The minimum atomic E-state index is 0.237. The SMILES string of the molecule is ClCc1cccc(OCOCc2ccccc2)c1. The Bertz CT molecular complexity index is 471. The van der Waals surface area contributed by atoms with E-state index in [-0.39, 0.29) is 6.79 Å². The summed E-state index contributed by atoms with van der Waals surface area (Å²) in [5.41, 5.74) is 2.17. The van der Waals surface area contributed by atoms with Crippen LogP contribution < -0.4 is 4.74 Å². The Balaban J connectivity index is 1.75. The van der Waals surface area contributed by atoms with E-state index in [0.29, 0.717) is 12.5 Å². The molecule has 0 aliphatic rings. The van der Waals surface area contributed by atoms with Gasteiger partial charge >= 0.3 is 0 Å². The van der Waals surface area contributed by atoms with Gasteiger partial charge in [0.2, 0.25) is 0 Å². The van der Waals surface area contributed by atoms with Crippen LogP contribution in [0.3, 0.4) is 0 Å². The molecule has 3 heteroatoms. The zero-order valence-electron chi connectivity index (χ0n) is 10.0. The van der Waals surface area contributed by atoms with Gasteiger partial charge in [-0.1, -0.05) is 42.5 Å². The smallest absolute Gasteiger partial charge is 0.189 e. The van der Waals surface area contributed by atoms with Crippen molar-refractivity contribution in [2.75, 3.05) is 6.79 Å². The number of benzene rings is 2. The van der Waals surface area contributed by atoms with Crippen molar-refractivity contribution in [1.82, 2.24) is 0 Å². The number of rotatable bonds is 6. The second-order valence-corrected chi connectivity index (χ2v) is 4.14. The Kier molecular flexibility index (Phi) is 5.06. The largest absolute Gasteiger partial charge is 0.468 e. The molecule has 0 atom stereocenters. The lowest BCUT2D eigenvalue weighted by Crippen LogP contribution is -2.03. The van der Waals surface area contributed by atoms with Crippen LogP contribution in [0, 0.1) is 0 Å². The summed E-state index contributed by atoms with van der Waals surface area (Å²) >= 11 is 5.75. The molecule has 0 spiro atoms. The zero-order chi connectivity index (χ0) is 12.6. The van der Waals surface area contributed by atoms with E-state index in [2.05, 4.69) is 0 Å². The molecule has 18 heavy (non-hydrogen) atoms. The molecule has 0 unspecified atom stereocenters. The van der Waals surface area contributed by atoms with Gasteiger partial charge in [-0.2, -0.15) is 0 Å². The fourth-order valence-electron chi connectivity index (χ4n) is 1.56. The van der Waals surface area contributed by atoms with Crippen LogP contribution in [-0.2, 0) is 17.2 Å². The summed E-state index contributed by atoms with van der Waals surface area (Å²) < 4.78 is 10.9. The quantitative estimate of drug-likeness (QED) is 0.445. The second kappa shape index (κ2) is 7.04. The highest BCUT2D eigenvalue weighted by Gasteiger charge is 1.96. The Hall–Kier alpha value is -1.51. The highest BCUT2D eigenvalue weighted by molar-refractivity contribution is 6.17. The van der Waals surface area contributed by atoms with Crippen molar-refractivity contribution < 1.29 is 9.47 Å². The number of halogens is 1. The molecule has 0 N–H and O–H groups in total. The third kappa shape index (κ3) is 4.06. The van der Waals surface area contributed by atoms with Gasteiger partial charge in [0, 0.05) is 5.88 Å². The average Bonchev–Trinajstić information content (AvgIpc) is 2.45. The summed E-state index contributed by atoms with van der Waals surface area (Å²) in [5.74, 6) is 1.27. The summed E-state index contributed by atoms with van der Waals surface area (Å²) in [6, 6.07) is 17.7. The second-order valence-electron chi connectivity index (χ2n) is 3.88. The normalized spacial score (nSPS) is 10.3. The summed E-state index contributed by atoms with van der Waals surface area (Å²) in [6.07, 6.45) is 0. The molecule has 2 nitrogen and oxygen atoms in total. The monoisotopic (exact) mass is 262 g/mol. The van der Waals surface area contributed by atoms with Crippen LogP contribution in [0.4, 0.5) is 0 Å². The molecule has 0 aromatic heterocycles. The average molecular weight is 263 g/mol. The molecule has 94 valence electrons. The van der Waals surface area contributed by atoms with E-state index in [0.717, 1.165) is 16.9 Å². The molecule has 0 heterocycles. The van der Waals surface area contributed by atoms with Gasteiger partial charge in [-0.25, -0.2) is 0 Å². The first-order valence-corrected chi connectivity index (χ1v) is 6.31. The van der Waals surface area contributed by atoms with Gasteiger partial charge in [-0.15, -0.1) is 11.6 Å². The van der Waals surface area contributed by atoms with Crippen LogP contribution in [0.15, 0.2) is 54.6 Å². The number of hydrogen-bond donors (Lipinski definition) is 0. The molecular formula is C15H15ClO2. The molecule has 0 saturated heterocycles. The van der Waals surface area contributed by atoms with E-state index in [1.165, 1.54) is 0 Å². The minimum absolute atomic E-state index is 0.237. The van der Waals surface area contributed by atoms with Crippen molar-refractivity contribution in [2.24, 2.45) is 0 Å². The Morgan fingerprint density at radius 1 is 0.889 bits per heavy atom. The van der Waals surface area contributed by atoms with E-state index in [9.17, 15) is 0 Å². The predicted molar refractivity (Wildman–Crippen MR) is 72.7 cm³/mol. The summed E-state index contributed by atoms with van der Waals surface area (Å²) in [6.45, 7) is 0.788. The molecule has 0 amide bonds. The van der Waals surface area contributed by atoms with Gasteiger partial charge in [0.25, 0.3) is 0 Å². The fourth-order valence-corrected chi connectivity index (χ4v) is 1.73. The molecular weight excluding hydrogens is 248 g/mol. The number of hydrogen-bond acceptors (Lipinski definition) is 2. The van der Waals surface area contributed by atoms with Gasteiger partial charge in [0.1, 0.15) is 5.75 Å². The predicted octanol–water partition coefficient (Wildman–Crippen LogP) is 3.98. The molecule has 2 aromatic rings. The lowest BCUT2D eigenvalue weighted by molar-refractivity contribution is 0.00502. The first-order valence-electron chi connectivity index (χ1n) is 5.78. The summed E-state index contributed by atoms with van der Waals surface area (Å²) in [5, 5.41) is 0. The minimum Gasteiger partial charge on any atom is -0.468 e. The molecule has 0 aliphatic heterocycles. The molecule has 0 fully saturated rings. The molecule has 0 saturated carbocycles. The fraction of sp³-hybridized carbons (Fsp3) is 0.200.